The van der Waals surface area contributed by atoms with Crippen molar-refractivity contribution in [2.24, 2.45) is 11.7 Å². The summed E-state index contributed by atoms with van der Waals surface area (Å²) >= 11 is 0. The first-order chi connectivity index (χ1) is 17.5. The number of piperazine rings is 1. The zero-order chi connectivity index (χ0) is 25.5. The molecule has 2 aromatic rings. The van der Waals surface area contributed by atoms with E-state index in [9.17, 15) is 14.4 Å². The molecule has 1 heterocycles. The fourth-order valence-corrected chi connectivity index (χ4v) is 5.20. The molecule has 9 heteroatoms. The third kappa shape index (κ3) is 6.15. The highest BCUT2D eigenvalue weighted by Gasteiger charge is 2.38. The molecule has 192 valence electrons. The minimum Gasteiger partial charge on any atom is -0.497 e. The van der Waals surface area contributed by atoms with Gasteiger partial charge in [-0.05, 0) is 42.7 Å². The van der Waals surface area contributed by atoms with Gasteiger partial charge in [0, 0.05) is 37.9 Å². The summed E-state index contributed by atoms with van der Waals surface area (Å²) in [5.41, 5.74) is 7.02. The summed E-state index contributed by atoms with van der Waals surface area (Å²) in [5, 5.41) is 5.85. The molecule has 3 atom stereocenters. The number of carbonyl (C=O) groups is 3. The molecule has 0 bridgehead atoms. The molecule has 2 aliphatic rings. The van der Waals surface area contributed by atoms with Crippen molar-refractivity contribution in [2.75, 3.05) is 38.6 Å². The van der Waals surface area contributed by atoms with Crippen molar-refractivity contribution in [1.82, 2.24) is 15.1 Å². The van der Waals surface area contributed by atoms with Gasteiger partial charge in [0.2, 0.25) is 11.8 Å². The van der Waals surface area contributed by atoms with E-state index in [1.807, 2.05) is 42.5 Å². The van der Waals surface area contributed by atoms with E-state index >= 15 is 0 Å². The number of nitrogens with zero attached hydrogens (tertiary/aromatic N) is 2. The molecular formula is C27H35N5O4. The van der Waals surface area contributed by atoms with Crippen molar-refractivity contribution in [2.45, 2.75) is 37.8 Å². The second-order valence-corrected chi connectivity index (χ2v) is 9.39. The molecule has 2 aromatic carbocycles. The quantitative estimate of drug-likeness (QED) is 0.548. The summed E-state index contributed by atoms with van der Waals surface area (Å²) in [5.74, 6) is -0.187. The molecule has 1 saturated carbocycles. The van der Waals surface area contributed by atoms with Crippen LogP contribution in [0.5, 0.6) is 5.75 Å². The van der Waals surface area contributed by atoms with E-state index in [-0.39, 0.29) is 23.9 Å². The lowest BCUT2D eigenvalue weighted by atomic mass is 9.82. The maximum atomic E-state index is 13.3. The monoisotopic (exact) mass is 493 g/mol. The smallest absolute Gasteiger partial charge is 0.321 e. The van der Waals surface area contributed by atoms with Crippen LogP contribution in [-0.4, -0.2) is 67.0 Å². The van der Waals surface area contributed by atoms with Gasteiger partial charge in [-0.3, -0.25) is 14.5 Å². The van der Waals surface area contributed by atoms with E-state index in [0.717, 1.165) is 37.1 Å². The first-order valence-electron chi connectivity index (χ1n) is 12.5. The summed E-state index contributed by atoms with van der Waals surface area (Å²) in [6.07, 6.45) is 3.73. The van der Waals surface area contributed by atoms with Gasteiger partial charge in [-0.1, -0.05) is 43.2 Å². The van der Waals surface area contributed by atoms with Crippen molar-refractivity contribution < 1.29 is 19.1 Å². The highest BCUT2D eigenvalue weighted by molar-refractivity contribution is 5.90. The Labute approximate surface area is 212 Å². The number of nitrogens with one attached hydrogen (secondary N) is 2. The van der Waals surface area contributed by atoms with Crippen molar-refractivity contribution in [3.63, 3.8) is 0 Å². The molecule has 2 fully saturated rings. The molecule has 4 N–H and O–H groups in total. The van der Waals surface area contributed by atoms with Crippen LogP contribution in [0.4, 0.5) is 10.5 Å². The number of anilines is 1. The highest BCUT2D eigenvalue weighted by Crippen LogP contribution is 2.30. The first kappa shape index (κ1) is 25.5. The molecule has 4 rings (SSSR count). The van der Waals surface area contributed by atoms with Crippen LogP contribution < -0.4 is 21.1 Å². The Morgan fingerprint density at radius 1 is 0.944 bits per heavy atom. The summed E-state index contributed by atoms with van der Waals surface area (Å²) in [4.78, 5) is 42.3. The van der Waals surface area contributed by atoms with Gasteiger partial charge in [0.15, 0.2) is 0 Å². The fraction of sp³-hybridized carbons (Fsp3) is 0.444. The summed E-state index contributed by atoms with van der Waals surface area (Å²) in [6, 6.07) is 15.4. The van der Waals surface area contributed by atoms with Crippen molar-refractivity contribution in [1.29, 1.82) is 0 Å². The summed E-state index contributed by atoms with van der Waals surface area (Å²) in [7, 11) is 1.60. The third-order valence-electron chi connectivity index (χ3n) is 7.18. The summed E-state index contributed by atoms with van der Waals surface area (Å²) < 4.78 is 5.16. The Kier molecular flexibility index (Phi) is 8.43. The predicted octanol–water partition coefficient (Wildman–Crippen LogP) is 2.75. The summed E-state index contributed by atoms with van der Waals surface area (Å²) in [6.45, 7) is 2.56. The predicted molar refractivity (Wildman–Crippen MR) is 137 cm³/mol. The lowest BCUT2D eigenvalue weighted by molar-refractivity contribution is -0.133. The molecule has 1 saturated heterocycles. The van der Waals surface area contributed by atoms with E-state index < -0.39 is 11.9 Å². The van der Waals surface area contributed by atoms with Crippen molar-refractivity contribution >= 4 is 23.5 Å². The van der Waals surface area contributed by atoms with Gasteiger partial charge in [-0.2, -0.15) is 0 Å². The minimum absolute atomic E-state index is 0.0786. The van der Waals surface area contributed by atoms with Gasteiger partial charge in [-0.25, -0.2) is 4.79 Å². The number of primary amides is 1. The van der Waals surface area contributed by atoms with Crippen LogP contribution in [0.2, 0.25) is 0 Å². The van der Waals surface area contributed by atoms with Crippen LogP contribution in [0.3, 0.4) is 0 Å². The Bertz CT molecular complexity index is 1040. The molecule has 1 aliphatic carbocycles. The Balaban J connectivity index is 1.34. The SMILES string of the molecule is COc1ccc(NC(=O)N2CCN(C3CCCCC3C(=O)N[C@H](C(N)=O)c3ccccc3)CC2)cc1. The Morgan fingerprint density at radius 2 is 1.61 bits per heavy atom. The van der Waals surface area contributed by atoms with Gasteiger partial charge >= 0.3 is 6.03 Å². The first-order valence-corrected chi connectivity index (χ1v) is 12.5. The molecule has 4 amide bonds. The maximum Gasteiger partial charge on any atom is 0.321 e. The van der Waals surface area contributed by atoms with Crippen molar-refractivity contribution in [3.05, 3.63) is 60.2 Å². The third-order valence-corrected chi connectivity index (χ3v) is 7.18. The van der Waals surface area contributed by atoms with Crippen LogP contribution in [0.25, 0.3) is 0 Å². The van der Waals surface area contributed by atoms with Gasteiger partial charge in [0.25, 0.3) is 0 Å². The topological polar surface area (TPSA) is 117 Å². The minimum atomic E-state index is -0.847. The number of urea groups is 1. The van der Waals surface area contributed by atoms with E-state index in [1.165, 1.54) is 0 Å². The van der Waals surface area contributed by atoms with Gasteiger partial charge in [-0.15, -0.1) is 0 Å². The fourth-order valence-electron chi connectivity index (χ4n) is 5.20. The second kappa shape index (κ2) is 11.9. The van der Waals surface area contributed by atoms with Gasteiger partial charge in [0.05, 0.1) is 13.0 Å². The number of hydrogen-bond acceptors (Lipinski definition) is 5. The van der Waals surface area contributed by atoms with E-state index in [2.05, 4.69) is 15.5 Å². The number of ether oxygens (including phenoxy) is 1. The highest BCUT2D eigenvalue weighted by atomic mass is 16.5. The van der Waals surface area contributed by atoms with Crippen LogP contribution in [0.15, 0.2) is 54.6 Å². The number of hydrogen-bond donors (Lipinski definition) is 3. The number of nitrogens with two attached hydrogens (primary N) is 1. The van der Waals surface area contributed by atoms with Crippen LogP contribution >= 0.6 is 0 Å². The average molecular weight is 494 g/mol. The molecule has 0 spiro atoms. The zero-order valence-electron chi connectivity index (χ0n) is 20.7. The lowest BCUT2D eigenvalue weighted by Crippen LogP contribution is -2.57. The number of carbonyl (C=O) groups excluding carboxylic acids is 3. The number of methoxy groups -OCH3 is 1. The van der Waals surface area contributed by atoms with Gasteiger partial charge < -0.3 is 26.0 Å². The van der Waals surface area contributed by atoms with Crippen LogP contribution in [0.1, 0.15) is 37.3 Å². The zero-order valence-corrected chi connectivity index (χ0v) is 20.7. The maximum absolute atomic E-state index is 13.3. The molecule has 9 nitrogen and oxygen atoms in total. The largest absolute Gasteiger partial charge is 0.497 e. The van der Waals surface area contributed by atoms with Crippen LogP contribution in [0, 0.1) is 5.92 Å². The average Bonchev–Trinajstić information content (AvgIpc) is 2.92. The van der Waals surface area contributed by atoms with Crippen LogP contribution in [-0.2, 0) is 9.59 Å². The number of rotatable bonds is 7. The molecule has 1 aliphatic heterocycles. The lowest BCUT2D eigenvalue weighted by Gasteiger charge is -2.43. The number of benzene rings is 2. The Hall–Kier alpha value is -3.59. The standard InChI is InChI=1S/C27H35N5O4/c1-36-21-13-11-20(12-14-21)29-27(35)32-17-15-31(16-18-32)23-10-6-5-9-22(23)26(34)30-24(25(28)33)19-7-3-2-4-8-19/h2-4,7-8,11-14,22-24H,5-6,9-10,15-18H2,1H3,(H2,28,33)(H,29,35)(H,30,34)/t22?,23?,24-/m0/s1. The van der Waals surface area contributed by atoms with E-state index in [0.29, 0.717) is 31.7 Å². The second-order valence-electron chi connectivity index (χ2n) is 9.39. The molecule has 0 aromatic heterocycles. The van der Waals surface area contributed by atoms with Gasteiger partial charge in [0.1, 0.15) is 11.8 Å². The molecule has 2 unspecified atom stereocenters. The molecule has 36 heavy (non-hydrogen) atoms. The Morgan fingerprint density at radius 3 is 2.25 bits per heavy atom. The molecular weight excluding hydrogens is 458 g/mol. The van der Waals surface area contributed by atoms with E-state index in [1.54, 1.807) is 24.1 Å². The number of amides is 4. The van der Waals surface area contributed by atoms with Crippen molar-refractivity contribution in [3.8, 4) is 5.75 Å². The normalized spacial score (nSPS) is 21.3. The molecule has 0 radical (unpaired) electrons. The van der Waals surface area contributed by atoms with E-state index in [4.69, 9.17) is 10.5 Å².